The molecule has 3 heterocycles. The molecule has 226 valence electrons. The zero-order valence-electron chi connectivity index (χ0n) is 23.4. The number of aliphatic hydroxyl groups is 1. The number of carbonyl (C=O) groups is 1. The van der Waals surface area contributed by atoms with E-state index in [-0.39, 0.29) is 47.1 Å². The van der Waals surface area contributed by atoms with Crippen LogP contribution in [-0.2, 0) is 0 Å². The zero-order valence-corrected chi connectivity index (χ0v) is 23.4. The first-order valence-corrected chi connectivity index (χ1v) is 13.9. The molecule has 4 N–H and O–H groups in total. The number of halogens is 2. The highest BCUT2D eigenvalue weighted by Gasteiger charge is 2.26. The van der Waals surface area contributed by atoms with Crippen LogP contribution in [0.4, 0.5) is 20.3 Å². The average molecular weight is 604 g/mol. The van der Waals surface area contributed by atoms with Crippen LogP contribution in [-0.4, -0.2) is 48.0 Å². The van der Waals surface area contributed by atoms with Gasteiger partial charge in [-0.1, -0.05) is 0 Å². The van der Waals surface area contributed by atoms with E-state index in [1.165, 1.54) is 47.3 Å². The highest BCUT2D eigenvalue weighted by molar-refractivity contribution is 6.04. The molecule has 0 bridgehead atoms. The number of amides is 1. The number of nitrogens with zero attached hydrogens (tertiary/aromatic N) is 4. The topological polar surface area (TPSA) is 156 Å². The summed E-state index contributed by atoms with van der Waals surface area (Å²) in [7, 11) is 0. The molecule has 0 saturated heterocycles. The van der Waals surface area contributed by atoms with Crippen LogP contribution in [0.5, 0.6) is 11.5 Å². The lowest BCUT2D eigenvalue weighted by atomic mass is 9.93. The number of ether oxygens (including phenoxy) is 1. The van der Waals surface area contributed by atoms with E-state index in [0.29, 0.717) is 29.7 Å². The van der Waals surface area contributed by atoms with Crippen molar-refractivity contribution in [2.75, 3.05) is 17.2 Å². The van der Waals surface area contributed by atoms with Crippen LogP contribution < -0.4 is 26.6 Å². The Kier molecular flexibility index (Phi) is 7.66. The average Bonchev–Trinajstić information content (AvgIpc) is 3.39. The predicted octanol–water partition coefficient (Wildman–Crippen LogP) is 4.11. The standard InChI is InChI=1S/C30H27F2N7O5/c1-16(15-40)34-27-25-24(11-12-33-26(25)36-37-27)44-23-10-7-18(13-22(23)32)35-28(41)21-14-38(19-3-2-4-19)30(43)39(29(21)42)20-8-5-17(31)6-9-20/h5-14,16,19,40H,2-4,15H2,1H3,(H,35,41)(H2,33,34,36,37). The summed E-state index contributed by atoms with van der Waals surface area (Å²) in [5, 5.41) is 22.3. The third-order valence-corrected chi connectivity index (χ3v) is 7.40. The van der Waals surface area contributed by atoms with Crippen molar-refractivity contribution in [1.29, 1.82) is 0 Å². The lowest BCUT2D eigenvalue weighted by molar-refractivity contribution is 0.102. The summed E-state index contributed by atoms with van der Waals surface area (Å²) >= 11 is 0. The number of hydrogen-bond acceptors (Lipinski definition) is 8. The van der Waals surface area contributed by atoms with Gasteiger partial charge in [-0.05, 0) is 62.6 Å². The number of hydrogen-bond donors (Lipinski definition) is 4. The second-order valence-corrected chi connectivity index (χ2v) is 10.5. The van der Waals surface area contributed by atoms with E-state index < -0.39 is 28.8 Å². The Morgan fingerprint density at radius 3 is 2.59 bits per heavy atom. The van der Waals surface area contributed by atoms with Crippen LogP contribution in [0, 0.1) is 11.6 Å². The van der Waals surface area contributed by atoms with Gasteiger partial charge in [0.2, 0.25) is 0 Å². The first-order chi connectivity index (χ1) is 21.2. The molecular weight excluding hydrogens is 576 g/mol. The van der Waals surface area contributed by atoms with Crippen molar-refractivity contribution >= 4 is 28.4 Å². The highest BCUT2D eigenvalue weighted by Crippen LogP contribution is 2.35. The molecule has 1 aliphatic carbocycles. The Morgan fingerprint density at radius 2 is 1.91 bits per heavy atom. The third-order valence-electron chi connectivity index (χ3n) is 7.40. The summed E-state index contributed by atoms with van der Waals surface area (Å²) in [5.74, 6) is -1.76. The van der Waals surface area contributed by atoms with Gasteiger partial charge in [0.15, 0.2) is 23.0 Å². The lowest BCUT2D eigenvalue weighted by Crippen LogP contribution is -2.44. The van der Waals surface area contributed by atoms with E-state index in [1.54, 1.807) is 6.92 Å². The zero-order chi connectivity index (χ0) is 31.0. The molecule has 0 radical (unpaired) electrons. The van der Waals surface area contributed by atoms with Crippen molar-refractivity contribution in [1.82, 2.24) is 24.3 Å². The number of nitrogens with one attached hydrogen (secondary N) is 3. The molecule has 0 spiro atoms. The van der Waals surface area contributed by atoms with Gasteiger partial charge in [-0.3, -0.25) is 19.3 Å². The van der Waals surface area contributed by atoms with Crippen molar-refractivity contribution < 1.29 is 23.4 Å². The summed E-state index contributed by atoms with van der Waals surface area (Å²) in [6.07, 6.45) is 4.99. The van der Waals surface area contributed by atoms with Gasteiger partial charge < -0.3 is 20.5 Å². The quantitative estimate of drug-likeness (QED) is 0.196. The normalized spacial score (nSPS) is 13.8. The Balaban J connectivity index is 1.29. The summed E-state index contributed by atoms with van der Waals surface area (Å²) < 4.78 is 36.8. The molecule has 1 fully saturated rings. The van der Waals surface area contributed by atoms with E-state index in [0.717, 1.165) is 29.2 Å². The number of carbonyl (C=O) groups excluding carboxylic acids is 1. The largest absolute Gasteiger partial charge is 0.453 e. The minimum atomic E-state index is -0.892. The third kappa shape index (κ3) is 5.42. The monoisotopic (exact) mass is 603 g/mol. The van der Waals surface area contributed by atoms with Crippen molar-refractivity contribution in [3.63, 3.8) is 0 Å². The minimum Gasteiger partial charge on any atom is -0.453 e. The number of fused-ring (bicyclic) bond motifs is 1. The molecule has 5 aromatic rings. The Bertz CT molecular complexity index is 1980. The molecule has 3 aromatic heterocycles. The number of H-pyrrole nitrogens is 1. The van der Waals surface area contributed by atoms with Gasteiger partial charge in [0.25, 0.3) is 11.5 Å². The number of rotatable bonds is 9. The number of aliphatic hydroxyl groups excluding tert-OH is 1. The van der Waals surface area contributed by atoms with E-state index in [1.807, 2.05) is 0 Å². The van der Waals surface area contributed by atoms with Gasteiger partial charge >= 0.3 is 5.69 Å². The summed E-state index contributed by atoms with van der Waals surface area (Å²) in [6.45, 7) is 1.61. The molecule has 1 unspecified atom stereocenters. The lowest BCUT2D eigenvalue weighted by Gasteiger charge is -2.28. The first-order valence-electron chi connectivity index (χ1n) is 13.9. The fourth-order valence-electron chi connectivity index (χ4n) is 4.84. The predicted molar refractivity (Wildman–Crippen MR) is 158 cm³/mol. The molecule has 14 heteroatoms. The molecule has 1 atom stereocenters. The maximum atomic E-state index is 15.2. The second-order valence-electron chi connectivity index (χ2n) is 10.5. The van der Waals surface area contributed by atoms with Crippen LogP contribution in [0.15, 0.2) is 70.5 Å². The molecule has 6 rings (SSSR count). The van der Waals surface area contributed by atoms with Crippen LogP contribution in [0.2, 0.25) is 0 Å². The second kappa shape index (κ2) is 11.7. The van der Waals surface area contributed by atoms with Gasteiger partial charge in [0.1, 0.15) is 22.5 Å². The molecule has 0 aliphatic heterocycles. The molecular formula is C30H27F2N7O5. The Labute approximate surface area is 247 Å². The van der Waals surface area contributed by atoms with Crippen LogP contribution in [0.25, 0.3) is 16.7 Å². The van der Waals surface area contributed by atoms with Gasteiger partial charge in [-0.2, -0.15) is 5.10 Å². The maximum Gasteiger partial charge on any atom is 0.335 e. The molecule has 1 aliphatic rings. The maximum absolute atomic E-state index is 15.2. The molecule has 1 amide bonds. The number of benzene rings is 2. The van der Waals surface area contributed by atoms with Crippen LogP contribution in [0.3, 0.4) is 0 Å². The van der Waals surface area contributed by atoms with Gasteiger partial charge in [0, 0.05) is 42.3 Å². The number of aromatic nitrogens is 5. The van der Waals surface area contributed by atoms with Gasteiger partial charge in [-0.15, -0.1) is 0 Å². The number of pyridine rings is 1. The molecule has 2 aromatic carbocycles. The highest BCUT2D eigenvalue weighted by atomic mass is 19.1. The molecule has 1 saturated carbocycles. The van der Waals surface area contributed by atoms with Gasteiger partial charge in [0.05, 0.1) is 12.3 Å². The smallest absolute Gasteiger partial charge is 0.335 e. The van der Waals surface area contributed by atoms with E-state index in [2.05, 4.69) is 25.8 Å². The van der Waals surface area contributed by atoms with E-state index in [4.69, 9.17) is 4.74 Å². The SMILES string of the molecule is CC(CO)Nc1n[nH]c2nccc(Oc3ccc(NC(=O)c4cn(C5CCC5)c(=O)n(-c5ccc(F)cc5)c4=O)cc3F)c12. The minimum absolute atomic E-state index is 0.0382. The number of aromatic amines is 1. The summed E-state index contributed by atoms with van der Waals surface area (Å²) in [6, 6.07) is 9.57. The van der Waals surface area contributed by atoms with Crippen LogP contribution in [0.1, 0.15) is 42.6 Å². The van der Waals surface area contributed by atoms with E-state index in [9.17, 15) is 23.9 Å². The van der Waals surface area contributed by atoms with Crippen molar-refractivity contribution in [2.45, 2.75) is 38.3 Å². The van der Waals surface area contributed by atoms with E-state index >= 15 is 4.39 Å². The molecule has 12 nitrogen and oxygen atoms in total. The van der Waals surface area contributed by atoms with Crippen molar-refractivity contribution in [3.8, 4) is 17.2 Å². The Morgan fingerprint density at radius 1 is 1.14 bits per heavy atom. The fraction of sp³-hybridized carbons (Fsp3) is 0.233. The fourth-order valence-corrected chi connectivity index (χ4v) is 4.84. The first kappa shape index (κ1) is 28.7. The molecule has 44 heavy (non-hydrogen) atoms. The van der Waals surface area contributed by atoms with Crippen molar-refractivity contribution in [2.24, 2.45) is 0 Å². The van der Waals surface area contributed by atoms with Crippen molar-refractivity contribution in [3.05, 3.63) is 99.0 Å². The summed E-state index contributed by atoms with van der Waals surface area (Å²) in [5.41, 5.74) is -1.33. The summed E-state index contributed by atoms with van der Waals surface area (Å²) in [4.78, 5) is 44.1. The Hall–Kier alpha value is -5.37. The number of anilines is 2. The van der Waals surface area contributed by atoms with Gasteiger partial charge in [-0.25, -0.2) is 23.1 Å². The van der Waals surface area contributed by atoms with Crippen LogP contribution >= 0.6 is 0 Å².